The van der Waals surface area contributed by atoms with Crippen LogP contribution in [-0.4, -0.2) is 35.2 Å². The van der Waals surface area contributed by atoms with Crippen molar-refractivity contribution in [1.82, 2.24) is 4.90 Å². The number of nitrogens with one attached hydrogen (secondary N) is 2. The minimum atomic E-state index is -0.507. The van der Waals surface area contributed by atoms with E-state index in [0.717, 1.165) is 12.0 Å². The molecule has 152 valence electrons. The fourth-order valence-electron chi connectivity index (χ4n) is 3.66. The number of amides is 3. The fraction of sp³-hybridized carbons (Fsp3) is 0.348. The molecule has 2 aromatic rings. The molecule has 2 aromatic carbocycles. The Morgan fingerprint density at radius 3 is 2.21 bits per heavy atom. The van der Waals surface area contributed by atoms with E-state index in [4.69, 9.17) is 0 Å². The van der Waals surface area contributed by atoms with Crippen molar-refractivity contribution in [3.05, 3.63) is 59.7 Å². The average Bonchev–Trinajstić information content (AvgIpc) is 3.11. The molecule has 6 nitrogen and oxygen atoms in total. The predicted octanol–water partition coefficient (Wildman–Crippen LogP) is 3.83. The van der Waals surface area contributed by atoms with E-state index in [1.165, 1.54) is 0 Å². The van der Waals surface area contributed by atoms with Crippen LogP contribution in [0.5, 0.6) is 0 Å². The van der Waals surface area contributed by atoms with E-state index in [-0.39, 0.29) is 23.6 Å². The average molecular weight is 393 g/mol. The topological polar surface area (TPSA) is 78.5 Å². The van der Waals surface area contributed by atoms with E-state index >= 15 is 0 Å². The standard InChI is InChI=1S/C23H27N3O3/c1-15(2)21(26-14-8-13-20(26)27)23(29)25-19-12-7-11-18(16(19)3)24-22(28)17-9-5-4-6-10-17/h4-7,9-12,15,21H,8,13-14H2,1-3H3,(H,24,28)(H,25,29). The van der Waals surface area contributed by atoms with Gasteiger partial charge in [0.2, 0.25) is 11.8 Å². The second kappa shape index (κ2) is 8.90. The van der Waals surface area contributed by atoms with Crippen LogP contribution in [0.25, 0.3) is 0 Å². The quantitative estimate of drug-likeness (QED) is 0.783. The van der Waals surface area contributed by atoms with E-state index in [2.05, 4.69) is 10.6 Å². The van der Waals surface area contributed by atoms with Gasteiger partial charge in [0.25, 0.3) is 5.91 Å². The van der Waals surface area contributed by atoms with Crippen LogP contribution in [0.15, 0.2) is 48.5 Å². The summed E-state index contributed by atoms with van der Waals surface area (Å²) in [5.41, 5.74) is 2.59. The van der Waals surface area contributed by atoms with Crippen molar-refractivity contribution in [3.8, 4) is 0 Å². The molecule has 3 amide bonds. The van der Waals surface area contributed by atoms with Crippen LogP contribution in [0, 0.1) is 12.8 Å². The van der Waals surface area contributed by atoms with Gasteiger partial charge in [0.1, 0.15) is 6.04 Å². The van der Waals surface area contributed by atoms with Gasteiger partial charge < -0.3 is 15.5 Å². The molecule has 1 atom stereocenters. The molecule has 1 heterocycles. The van der Waals surface area contributed by atoms with Gasteiger partial charge in [0.15, 0.2) is 0 Å². The van der Waals surface area contributed by atoms with E-state index in [0.29, 0.717) is 29.9 Å². The highest BCUT2D eigenvalue weighted by Crippen LogP contribution is 2.26. The number of hydrogen-bond acceptors (Lipinski definition) is 3. The predicted molar refractivity (Wildman–Crippen MR) is 114 cm³/mol. The minimum Gasteiger partial charge on any atom is -0.330 e. The Morgan fingerprint density at radius 1 is 0.966 bits per heavy atom. The molecule has 0 spiro atoms. The van der Waals surface area contributed by atoms with Gasteiger partial charge in [-0.3, -0.25) is 14.4 Å². The van der Waals surface area contributed by atoms with Gasteiger partial charge in [0, 0.05) is 29.9 Å². The van der Waals surface area contributed by atoms with Crippen molar-refractivity contribution in [2.45, 2.75) is 39.7 Å². The summed E-state index contributed by atoms with van der Waals surface area (Å²) < 4.78 is 0. The molecule has 1 fully saturated rings. The summed E-state index contributed by atoms with van der Waals surface area (Å²) in [6.45, 7) is 6.35. The maximum atomic E-state index is 13.0. The number of rotatable bonds is 6. The van der Waals surface area contributed by atoms with Gasteiger partial charge >= 0.3 is 0 Å². The number of hydrogen-bond donors (Lipinski definition) is 2. The first-order valence-corrected chi connectivity index (χ1v) is 9.95. The van der Waals surface area contributed by atoms with Gasteiger partial charge in [-0.05, 0) is 49.1 Å². The summed E-state index contributed by atoms with van der Waals surface area (Å²) in [5.74, 6) is -0.387. The molecule has 0 aliphatic carbocycles. The van der Waals surface area contributed by atoms with Crippen LogP contribution in [0.1, 0.15) is 42.6 Å². The van der Waals surface area contributed by atoms with Crippen molar-refractivity contribution in [1.29, 1.82) is 0 Å². The third kappa shape index (κ3) is 4.65. The first-order chi connectivity index (χ1) is 13.9. The minimum absolute atomic E-state index is 0.00155. The lowest BCUT2D eigenvalue weighted by molar-refractivity contribution is -0.136. The normalized spacial score (nSPS) is 14.8. The van der Waals surface area contributed by atoms with Crippen molar-refractivity contribution in [2.75, 3.05) is 17.2 Å². The number of anilines is 2. The lowest BCUT2D eigenvalue weighted by Crippen LogP contribution is -2.48. The van der Waals surface area contributed by atoms with Crippen molar-refractivity contribution >= 4 is 29.1 Å². The second-order valence-corrected chi connectivity index (χ2v) is 7.67. The molecular formula is C23H27N3O3. The van der Waals surface area contributed by atoms with Crippen molar-refractivity contribution in [3.63, 3.8) is 0 Å². The summed E-state index contributed by atoms with van der Waals surface area (Å²) in [4.78, 5) is 39.3. The molecule has 2 N–H and O–H groups in total. The number of likely N-dealkylation sites (tertiary alicyclic amines) is 1. The molecule has 1 aliphatic heterocycles. The van der Waals surface area contributed by atoms with Crippen molar-refractivity contribution < 1.29 is 14.4 Å². The maximum absolute atomic E-state index is 13.0. The van der Waals surface area contributed by atoms with Crippen LogP contribution in [-0.2, 0) is 9.59 Å². The van der Waals surface area contributed by atoms with Crippen LogP contribution in [0.4, 0.5) is 11.4 Å². The molecule has 1 unspecified atom stereocenters. The maximum Gasteiger partial charge on any atom is 0.255 e. The molecule has 29 heavy (non-hydrogen) atoms. The zero-order chi connectivity index (χ0) is 21.0. The van der Waals surface area contributed by atoms with Crippen LogP contribution < -0.4 is 10.6 Å². The highest BCUT2D eigenvalue weighted by atomic mass is 16.2. The Morgan fingerprint density at radius 2 is 1.62 bits per heavy atom. The van der Waals surface area contributed by atoms with Crippen molar-refractivity contribution in [2.24, 2.45) is 5.92 Å². The molecule has 0 bridgehead atoms. The molecule has 1 saturated heterocycles. The van der Waals surface area contributed by atoms with E-state index in [1.54, 1.807) is 35.2 Å². The van der Waals surface area contributed by atoms with Gasteiger partial charge in [0.05, 0.1) is 0 Å². The monoisotopic (exact) mass is 393 g/mol. The lowest BCUT2D eigenvalue weighted by Gasteiger charge is -2.30. The zero-order valence-corrected chi connectivity index (χ0v) is 17.1. The molecule has 0 saturated carbocycles. The van der Waals surface area contributed by atoms with E-state index in [9.17, 15) is 14.4 Å². The largest absolute Gasteiger partial charge is 0.330 e. The first-order valence-electron chi connectivity index (χ1n) is 9.95. The summed E-state index contributed by atoms with van der Waals surface area (Å²) in [6, 6.07) is 13.8. The second-order valence-electron chi connectivity index (χ2n) is 7.67. The van der Waals surface area contributed by atoms with Crippen LogP contribution in [0.2, 0.25) is 0 Å². The summed E-state index contributed by atoms with van der Waals surface area (Å²) in [5, 5.41) is 5.86. The highest BCUT2D eigenvalue weighted by molar-refractivity contribution is 6.05. The highest BCUT2D eigenvalue weighted by Gasteiger charge is 2.35. The number of carbonyl (C=O) groups excluding carboxylic acids is 3. The van der Waals surface area contributed by atoms with Gasteiger partial charge in [-0.2, -0.15) is 0 Å². The molecule has 3 rings (SSSR count). The Balaban J connectivity index is 1.77. The molecular weight excluding hydrogens is 366 g/mol. The van der Waals surface area contributed by atoms with E-state index in [1.807, 2.05) is 39.0 Å². The Labute approximate surface area is 171 Å². The fourth-order valence-corrected chi connectivity index (χ4v) is 3.66. The van der Waals surface area contributed by atoms with Crippen LogP contribution >= 0.6 is 0 Å². The summed E-state index contributed by atoms with van der Waals surface area (Å²) in [6.07, 6.45) is 1.28. The third-order valence-electron chi connectivity index (χ3n) is 5.22. The number of nitrogens with zero attached hydrogens (tertiary/aromatic N) is 1. The smallest absolute Gasteiger partial charge is 0.255 e. The Bertz CT molecular complexity index is 909. The number of benzene rings is 2. The van der Waals surface area contributed by atoms with Crippen LogP contribution in [0.3, 0.4) is 0 Å². The molecule has 6 heteroatoms. The van der Waals surface area contributed by atoms with Gasteiger partial charge in [-0.25, -0.2) is 0 Å². The number of carbonyl (C=O) groups is 3. The lowest BCUT2D eigenvalue weighted by atomic mass is 10.0. The molecule has 0 radical (unpaired) electrons. The Kier molecular flexibility index (Phi) is 6.32. The Hall–Kier alpha value is -3.15. The molecule has 0 aromatic heterocycles. The van der Waals surface area contributed by atoms with Gasteiger partial charge in [-0.15, -0.1) is 0 Å². The summed E-state index contributed by atoms with van der Waals surface area (Å²) in [7, 11) is 0. The first kappa shape index (κ1) is 20.6. The van der Waals surface area contributed by atoms with Gasteiger partial charge in [-0.1, -0.05) is 38.1 Å². The van der Waals surface area contributed by atoms with E-state index < -0.39 is 6.04 Å². The third-order valence-corrected chi connectivity index (χ3v) is 5.22. The summed E-state index contributed by atoms with van der Waals surface area (Å²) >= 11 is 0. The zero-order valence-electron chi connectivity index (χ0n) is 17.1. The SMILES string of the molecule is Cc1c(NC(=O)c2ccccc2)cccc1NC(=O)C(C(C)C)N1CCCC1=O. The molecule has 1 aliphatic rings.